The third-order valence-electron chi connectivity index (χ3n) is 21.3. The summed E-state index contributed by atoms with van der Waals surface area (Å²) in [7, 11) is 0. The molecule has 0 saturated heterocycles. The minimum Gasteiger partial charge on any atom is -0.256 e. The Morgan fingerprint density at radius 1 is 0.151 bits per heavy atom. The third-order valence-corrected chi connectivity index (χ3v) is 21.3. The summed E-state index contributed by atoms with van der Waals surface area (Å²) in [5, 5.41) is 19.1. The Hall–Kier alpha value is -14.1. The van der Waals surface area contributed by atoms with Crippen molar-refractivity contribution in [3.63, 3.8) is 0 Å². The summed E-state index contributed by atoms with van der Waals surface area (Å²) in [5.74, 6) is 0. The first kappa shape index (κ1) is 61.8. The Morgan fingerprint density at radius 3 is 0.915 bits per heavy atom. The fraction of sp³-hybridized carbons (Fsp3) is 0. The molecule has 0 amide bonds. The maximum Gasteiger partial charge on any atom is 0.0794 e. The van der Waals surface area contributed by atoms with Gasteiger partial charge in [-0.05, 0) is 164 Å². The second-order valence-corrected chi connectivity index (χ2v) is 27.5. The molecule has 0 N–H and O–H groups in total. The van der Waals surface area contributed by atoms with E-state index in [2.05, 4.69) is 376 Å². The quantitative estimate of drug-likeness (QED) is 0.135. The van der Waals surface area contributed by atoms with Gasteiger partial charge in [0.15, 0.2) is 0 Å². The van der Waals surface area contributed by atoms with Crippen LogP contribution in [0, 0.1) is 0 Å². The number of benzene rings is 17. The molecule has 0 fully saturated rings. The predicted octanol–water partition coefficient (Wildman–Crippen LogP) is 27.5. The van der Waals surface area contributed by atoms with E-state index in [-0.39, 0.29) is 0 Å². The molecule has 0 aliphatic heterocycles. The Morgan fingerprint density at radius 2 is 0.472 bits per heavy atom. The van der Waals surface area contributed by atoms with Crippen LogP contribution in [0.5, 0.6) is 0 Å². The molecular weight excluding hydrogens is 1280 g/mol. The number of para-hydroxylation sites is 2. The van der Waals surface area contributed by atoms with Gasteiger partial charge in [-0.1, -0.05) is 334 Å². The standard InChI is InChI=1S/C54H34N2.C48H30N2/c1-2-14-37(15-3-1)47-33-52(55-51-27-11-10-23-45(47)51)38-28-30-39(31-29-38)53-34-49(43-26-13-19-36-17-5-7-21-41(36)43)50-32-48(44-22-8-9-24-46(44)54(50)56-53)42-25-12-18-35-16-4-6-20-40(35)42;1-4-16-37-32(11-1)14-9-20-39(37)43-28-45-44(40-21-10-15-33-12-2-5-17-38(33)40)29-47(50-48(45)42-19-7-6-18-41(42)43)34-25-23-31(24-26-34)36-27-35-13-3-8-22-46(35)49-30-36/h1-34H;1-30H. The smallest absolute Gasteiger partial charge is 0.0794 e. The maximum absolute atomic E-state index is 5.52. The van der Waals surface area contributed by atoms with E-state index in [9.17, 15) is 0 Å². The van der Waals surface area contributed by atoms with Gasteiger partial charge in [-0.3, -0.25) is 4.98 Å². The molecule has 492 valence electrons. The van der Waals surface area contributed by atoms with E-state index in [1.807, 2.05) is 12.3 Å². The normalized spacial score (nSPS) is 11.6. The molecule has 4 nitrogen and oxygen atoms in total. The molecule has 4 heteroatoms. The summed E-state index contributed by atoms with van der Waals surface area (Å²) in [5.41, 5.74) is 24.3. The molecule has 0 saturated carbocycles. The molecule has 0 aliphatic carbocycles. The van der Waals surface area contributed by atoms with Crippen LogP contribution in [0.4, 0.5) is 0 Å². The summed E-state index contributed by atoms with van der Waals surface area (Å²) >= 11 is 0. The number of hydrogen-bond donors (Lipinski definition) is 0. The van der Waals surface area contributed by atoms with Gasteiger partial charge in [-0.25, -0.2) is 15.0 Å². The van der Waals surface area contributed by atoms with E-state index in [1.165, 1.54) is 109 Å². The van der Waals surface area contributed by atoms with Gasteiger partial charge >= 0.3 is 0 Å². The van der Waals surface area contributed by atoms with Crippen LogP contribution in [0.3, 0.4) is 0 Å². The van der Waals surface area contributed by atoms with Crippen LogP contribution in [0.25, 0.3) is 209 Å². The Kier molecular flexibility index (Phi) is 15.2. The lowest BCUT2D eigenvalue weighted by Crippen LogP contribution is -1.94. The molecule has 21 rings (SSSR count). The average molecular weight is 1350 g/mol. The molecule has 106 heavy (non-hydrogen) atoms. The first-order chi connectivity index (χ1) is 52.5. The number of pyridine rings is 4. The molecule has 0 aliphatic rings. The van der Waals surface area contributed by atoms with Crippen molar-refractivity contribution in [2.45, 2.75) is 0 Å². The average Bonchev–Trinajstić information content (AvgIpc) is 0.735. The largest absolute Gasteiger partial charge is 0.256 e. The van der Waals surface area contributed by atoms with E-state index < -0.39 is 0 Å². The van der Waals surface area contributed by atoms with E-state index >= 15 is 0 Å². The highest BCUT2D eigenvalue weighted by Crippen LogP contribution is 2.47. The van der Waals surface area contributed by atoms with Gasteiger partial charge in [0.25, 0.3) is 0 Å². The number of nitrogens with zero attached hydrogens (tertiary/aromatic N) is 4. The first-order valence-electron chi connectivity index (χ1n) is 36.2. The molecule has 0 unspecified atom stereocenters. The van der Waals surface area contributed by atoms with Crippen LogP contribution in [-0.4, -0.2) is 19.9 Å². The minimum atomic E-state index is 0.937. The summed E-state index contributed by atoms with van der Waals surface area (Å²) in [6.45, 7) is 0. The zero-order chi connectivity index (χ0) is 70.0. The van der Waals surface area contributed by atoms with E-state index in [4.69, 9.17) is 19.9 Å². The number of aromatic nitrogens is 4. The molecule has 4 aromatic heterocycles. The number of hydrogen-bond acceptors (Lipinski definition) is 4. The van der Waals surface area contributed by atoms with Crippen molar-refractivity contribution in [3.05, 3.63) is 388 Å². The fourth-order valence-electron chi connectivity index (χ4n) is 16.2. The van der Waals surface area contributed by atoms with Crippen molar-refractivity contribution in [3.8, 4) is 101 Å². The highest BCUT2D eigenvalue weighted by Gasteiger charge is 2.22. The minimum absolute atomic E-state index is 0.937. The van der Waals surface area contributed by atoms with Gasteiger partial charge in [-0.2, -0.15) is 0 Å². The highest BCUT2D eigenvalue weighted by atomic mass is 14.7. The van der Waals surface area contributed by atoms with E-state index in [0.29, 0.717) is 0 Å². The van der Waals surface area contributed by atoms with Crippen molar-refractivity contribution in [1.29, 1.82) is 0 Å². The molecule has 0 atom stereocenters. The summed E-state index contributed by atoms with van der Waals surface area (Å²) in [4.78, 5) is 20.8. The van der Waals surface area contributed by atoms with Crippen LogP contribution in [0.15, 0.2) is 388 Å². The highest BCUT2D eigenvalue weighted by molar-refractivity contribution is 6.21. The van der Waals surface area contributed by atoms with Gasteiger partial charge in [0.2, 0.25) is 0 Å². The van der Waals surface area contributed by atoms with Gasteiger partial charge in [0, 0.05) is 60.8 Å². The fourth-order valence-corrected chi connectivity index (χ4v) is 16.2. The lowest BCUT2D eigenvalue weighted by Gasteiger charge is -2.17. The van der Waals surface area contributed by atoms with Gasteiger partial charge < -0.3 is 0 Å². The summed E-state index contributed by atoms with van der Waals surface area (Å²) in [6.07, 6.45) is 1.96. The van der Waals surface area contributed by atoms with Crippen LogP contribution in [0.1, 0.15) is 0 Å². The second-order valence-electron chi connectivity index (χ2n) is 27.5. The molecule has 21 aromatic rings. The molecular formula is C102H64N4. The van der Waals surface area contributed by atoms with Crippen LogP contribution < -0.4 is 0 Å². The predicted molar refractivity (Wildman–Crippen MR) is 448 cm³/mol. The van der Waals surface area contributed by atoms with E-state index in [0.717, 1.165) is 99.3 Å². The van der Waals surface area contributed by atoms with Crippen molar-refractivity contribution in [2.75, 3.05) is 0 Å². The molecule has 0 spiro atoms. The van der Waals surface area contributed by atoms with Gasteiger partial charge in [-0.15, -0.1) is 0 Å². The number of fused-ring (bicyclic) bond motifs is 12. The van der Waals surface area contributed by atoms with Crippen molar-refractivity contribution in [1.82, 2.24) is 19.9 Å². The third kappa shape index (κ3) is 10.9. The lowest BCUT2D eigenvalue weighted by molar-refractivity contribution is 1.38. The topological polar surface area (TPSA) is 51.6 Å². The summed E-state index contributed by atoms with van der Waals surface area (Å²) < 4.78 is 0. The van der Waals surface area contributed by atoms with Gasteiger partial charge in [0.05, 0.1) is 39.1 Å². The molecule has 0 radical (unpaired) electrons. The Balaban J connectivity index is 0.000000141. The molecule has 0 bridgehead atoms. The lowest BCUT2D eigenvalue weighted by atomic mass is 9.88. The van der Waals surface area contributed by atoms with Crippen molar-refractivity contribution in [2.24, 2.45) is 0 Å². The van der Waals surface area contributed by atoms with Crippen LogP contribution in [0.2, 0.25) is 0 Å². The zero-order valence-electron chi connectivity index (χ0n) is 57.7. The molecule has 17 aromatic carbocycles. The Labute approximate surface area is 613 Å². The van der Waals surface area contributed by atoms with Crippen LogP contribution in [-0.2, 0) is 0 Å². The molecule has 4 heterocycles. The van der Waals surface area contributed by atoms with Crippen LogP contribution >= 0.6 is 0 Å². The number of rotatable bonds is 9. The van der Waals surface area contributed by atoms with E-state index in [1.54, 1.807) is 0 Å². The SMILES string of the molecule is c1ccc(-c2cc(-c3ccc(-c4cc(-c5cccc6ccccc56)c5cc(-c6cccc7ccccc67)c6ccccc6c5n4)cc3)nc3ccccc23)cc1.c1ccc2ncc(-c3ccc(-c4cc(-c5cccc6ccccc56)c5cc(-c6cccc7ccccc67)c6ccccc6c5n4)cc3)cc2c1. The maximum atomic E-state index is 5.52. The summed E-state index contributed by atoms with van der Waals surface area (Å²) in [6, 6.07) is 137. The first-order valence-corrected chi connectivity index (χ1v) is 36.2. The van der Waals surface area contributed by atoms with Crippen molar-refractivity contribution < 1.29 is 0 Å². The zero-order valence-corrected chi connectivity index (χ0v) is 57.7. The Bertz CT molecular complexity index is 7040. The van der Waals surface area contributed by atoms with Gasteiger partial charge in [0.1, 0.15) is 0 Å². The monoisotopic (exact) mass is 1340 g/mol. The van der Waals surface area contributed by atoms with Crippen molar-refractivity contribution >= 4 is 108 Å². The second kappa shape index (κ2) is 26.1.